The van der Waals surface area contributed by atoms with E-state index in [-0.39, 0.29) is 25.3 Å². The summed E-state index contributed by atoms with van der Waals surface area (Å²) in [5, 5.41) is 8.93. The standard InChI is InChI=1S/C14H17F2NO2/c15-14(16)7-6-11(8-14)9-17(10-13(18)19)12-4-2-1-3-5-12/h1-5,11H,6-10H2,(H,18,19). The normalized spacial score (nSPS) is 21.3. The first kappa shape index (κ1) is 13.8. The fourth-order valence-electron chi connectivity index (χ4n) is 2.57. The fraction of sp³-hybridized carbons (Fsp3) is 0.500. The van der Waals surface area contributed by atoms with Crippen LogP contribution in [0.5, 0.6) is 0 Å². The molecule has 0 aromatic heterocycles. The Labute approximate surface area is 110 Å². The molecule has 0 radical (unpaired) electrons. The van der Waals surface area contributed by atoms with Gasteiger partial charge in [0, 0.05) is 25.1 Å². The van der Waals surface area contributed by atoms with Crippen LogP contribution in [0.3, 0.4) is 0 Å². The lowest BCUT2D eigenvalue weighted by atomic mass is 10.1. The average molecular weight is 269 g/mol. The molecule has 1 aliphatic rings. The highest BCUT2D eigenvalue weighted by Crippen LogP contribution is 2.39. The van der Waals surface area contributed by atoms with Crippen LogP contribution in [0.15, 0.2) is 30.3 Å². The van der Waals surface area contributed by atoms with Crippen LogP contribution in [-0.2, 0) is 4.79 Å². The zero-order valence-corrected chi connectivity index (χ0v) is 10.6. The summed E-state index contributed by atoms with van der Waals surface area (Å²) in [5.74, 6) is -3.68. The summed E-state index contributed by atoms with van der Waals surface area (Å²) in [5.41, 5.74) is 0.764. The Hall–Kier alpha value is -1.65. The monoisotopic (exact) mass is 269 g/mol. The third-order valence-corrected chi connectivity index (χ3v) is 3.43. The lowest BCUT2D eigenvalue weighted by Gasteiger charge is -2.26. The van der Waals surface area contributed by atoms with E-state index in [1.807, 2.05) is 18.2 Å². The molecule has 0 bridgehead atoms. The number of hydrogen-bond donors (Lipinski definition) is 1. The zero-order chi connectivity index (χ0) is 13.9. The summed E-state index contributed by atoms with van der Waals surface area (Å²) in [6.45, 7) is 0.206. The largest absolute Gasteiger partial charge is 0.480 e. The van der Waals surface area contributed by atoms with Gasteiger partial charge in [0.05, 0.1) is 0 Å². The number of rotatable bonds is 5. The molecular weight excluding hydrogens is 252 g/mol. The average Bonchev–Trinajstić information content (AvgIpc) is 2.68. The molecule has 1 aliphatic carbocycles. The van der Waals surface area contributed by atoms with Gasteiger partial charge in [0.1, 0.15) is 6.54 Å². The van der Waals surface area contributed by atoms with Gasteiger partial charge in [-0.3, -0.25) is 4.79 Å². The van der Waals surface area contributed by atoms with Crippen LogP contribution >= 0.6 is 0 Å². The molecular formula is C14H17F2NO2. The number of alkyl halides is 2. The molecule has 0 heterocycles. The second-order valence-corrected chi connectivity index (χ2v) is 5.07. The van der Waals surface area contributed by atoms with Gasteiger partial charge < -0.3 is 10.0 Å². The Balaban J connectivity index is 2.05. The molecule has 1 fully saturated rings. The third-order valence-electron chi connectivity index (χ3n) is 3.43. The van der Waals surface area contributed by atoms with E-state index in [4.69, 9.17) is 5.11 Å². The minimum Gasteiger partial charge on any atom is -0.480 e. The van der Waals surface area contributed by atoms with E-state index in [0.29, 0.717) is 13.0 Å². The van der Waals surface area contributed by atoms with Crippen LogP contribution in [0.4, 0.5) is 14.5 Å². The maximum atomic E-state index is 13.2. The minimum atomic E-state index is -2.59. The molecule has 0 amide bonds. The maximum Gasteiger partial charge on any atom is 0.323 e. The molecule has 0 spiro atoms. The van der Waals surface area contributed by atoms with Gasteiger partial charge in [0.15, 0.2) is 0 Å². The number of nitrogens with zero attached hydrogens (tertiary/aromatic N) is 1. The van der Waals surface area contributed by atoms with Crippen molar-refractivity contribution < 1.29 is 18.7 Å². The molecule has 1 aromatic rings. The topological polar surface area (TPSA) is 40.5 Å². The molecule has 3 nitrogen and oxygen atoms in total. The van der Waals surface area contributed by atoms with Crippen molar-refractivity contribution in [2.75, 3.05) is 18.0 Å². The van der Waals surface area contributed by atoms with Crippen molar-refractivity contribution in [2.45, 2.75) is 25.2 Å². The van der Waals surface area contributed by atoms with Crippen LogP contribution < -0.4 is 4.90 Å². The third kappa shape index (κ3) is 3.91. The molecule has 1 saturated carbocycles. The maximum absolute atomic E-state index is 13.2. The number of para-hydroxylation sites is 1. The molecule has 1 N–H and O–H groups in total. The second-order valence-electron chi connectivity index (χ2n) is 5.07. The molecule has 0 aliphatic heterocycles. The van der Waals surface area contributed by atoms with E-state index in [2.05, 4.69) is 0 Å². The van der Waals surface area contributed by atoms with E-state index >= 15 is 0 Å². The Morgan fingerprint density at radius 2 is 2.05 bits per heavy atom. The van der Waals surface area contributed by atoms with Crippen molar-refractivity contribution in [1.82, 2.24) is 0 Å². The van der Waals surface area contributed by atoms with E-state index in [1.165, 1.54) is 0 Å². The summed E-state index contributed by atoms with van der Waals surface area (Å²) in [7, 11) is 0. The molecule has 19 heavy (non-hydrogen) atoms. The molecule has 104 valence electrons. The number of carbonyl (C=O) groups is 1. The molecule has 1 aromatic carbocycles. The Morgan fingerprint density at radius 1 is 1.37 bits per heavy atom. The van der Waals surface area contributed by atoms with Crippen LogP contribution in [-0.4, -0.2) is 30.1 Å². The van der Waals surface area contributed by atoms with Gasteiger partial charge in [-0.2, -0.15) is 0 Å². The van der Waals surface area contributed by atoms with Gasteiger partial charge in [-0.05, 0) is 24.5 Å². The summed E-state index contributed by atoms with van der Waals surface area (Å²) in [6, 6.07) is 9.07. The van der Waals surface area contributed by atoms with Crippen molar-refractivity contribution >= 4 is 11.7 Å². The smallest absolute Gasteiger partial charge is 0.323 e. The Bertz CT molecular complexity index is 436. The summed E-state index contributed by atoms with van der Waals surface area (Å²) >= 11 is 0. The quantitative estimate of drug-likeness (QED) is 0.893. The van der Waals surface area contributed by atoms with Crippen molar-refractivity contribution in [3.63, 3.8) is 0 Å². The van der Waals surface area contributed by atoms with Gasteiger partial charge in [-0.15, -0.1) is 0 Å². The highest BCUT2D eigenvalue weighted by atomic mass is 19.3. The van der Waals surface area contributed by atoms with E-state index in [9.17, 15) is 13.6 Å². The fourth-order valence-corrected chi connectivity index (χ4v) is 2.57. The molecule has 0 saturated heterocycles. The summed E-state index contributed by atoms with van der Waals surface area (Å²) in [4.78, 5) is 12.6. The number of hydrogen-bond acceptors (Lipinski definition) is 2. The molecule has 5 heteroatoms. The number of aliphatic carboxylic acids is 1. The minimum absolute atomic E-state index is 0.0899. The first-order valence-corrected chi connectivity index (χ1v) is 6.36. The number of benzene rings is 1. The van der Waals surface area contributed by atoms with Crippen LogP contribution in [0, 0.1) is 5.92 Å². The van der Waals surface area contributed by atoms with E-state index in [1.54, 1.807) is 17.0 Å². The van der Waals surface area contributed by atoms with E-state index < -0.39 is 11.9 Å². The van der Waals surface area contributed by atoms with Gasteiger partial charge in [-0.25, -0.2) is 8.78 Å². The molecule has 2 rings (SSSR count). The lowest BCUT2D eigenvalue weighted by molar-refractivity contribution is -0.135. The SMILES string of the molecule is O=C(O)CN(CC1CCC(F)(F)C1)c1ccccc1. The number of carboxylic acid groups (broad SMARTS) is 1. The summed E-state index contributed by atoms with van der Waals surface area (Å²) < 4.78 is 26.4. The molecule has 1 atom stereocenters. The van der Waals surface area contributed by atoms with Gasteiger partial charge >= 0.3 is 5.97 Å². The van der Waals surface area contributed by atoms with Gasteiger partial charge in [0.2, 0.25) is 5.92 Å². The van der Waals surface area contributed by atoms with Crippen molar-refractivity contribution in [1.29, 1.82) is 0 Å². The van der Waals surface area contributed by atoms with Crippen molar-refractivity contribution in [3.8, 4) is 0 Å². The first-order valence-electron chi connectivity index (χ1n) is 6.36. The highest BCUT2D eigenvalue weighted by molar-refractivity contribution is 5.73. The Kier molecular flexibility index (Phi) is 4.02. The van der Waals surface area contributed by atoms with Crippen LogP contribution in [0.1, 0.15) is 19.3 Å². The van der Waals surface area contributed by atoms with Crippen molar-refractivity contribution in [3.05, 3.63) is 30.3 Å². The molecule has 1 unspecified atom stereocenters. The number of anilines is 1. The van der Waals surface area contributed by atoms with Crippen LogP contribution in [0.2, 0.25) is 0 Å². The van der Waals surface area contributed by atoms with Gasteiger partial charge in [-0.1, -0.05) is 18.2 Å². The number of halogens is 2. The summed E-state index contributed by atoms with van der Waals surface area (Å²) in [6.07, 6.45) is 0.222. The lowest BCUT2D eigenvalue weighted by Crippen LogP contribution is -2.34. The second kappa shape index (κ2) is 5.55. The predicted octanol–water partition coefficient (Wildman–Crippen LogP) is 3.01. The zero-order valence-electron chi connectivity index (χ0n) is 10.6. The number of carboxylic acids is 1. The van der Waals surface area contributed by atoms with Gasteiger partial charge in [0.25, 0.3) is 0 Å². The highest BCUT2D eigenvalue weighted by Gasteiger charge is 2.39. The van der Waals surface area contributed by atoms with Crippen molar-refractivity contribution in [2.24, 2.45) is 5.92 Å². The first-order chi connectivity index (χ1) is 8.96. The Morgan fingerprint density at radius 3 is 2.58 bits per heavy atom. The van der Waals surface area contributed by atoms with E-state index in [0.717, 1.165) is 5.69 Å². The van der Waals surface area contributed by atoms with Crippen LogP contribution in [0.25, 0.3) is 0 Å². The predicted molar refractivity (Wildman–Crippen MR) is 68.6 cm³/mol.